The second-order valence-corrected chi connectivity index (χ2v) is 10.9. The number of pyridine rings is 1. The summed E-state index contributed by atoms with van der Waals surface area (Å²) in [5, 5.41) is 4.17. The molecular weight excluding hydrogens is 512 g/mol. The Hall–Kier alpha value is -4.55. The number of amides is 2. The number of hydrogen-bond donors (Lipinski definition) is 0. The number of rotatable bonds is 7. The number of carbonyl (C=O) groups is 2. The van der Waals surface area contributed by atoms with E-state index in [0.29, 0.717) is 17.7 Å². The third kappa shape index (κ3) is 4.96. The number of hydrogen-bond acceptors (Lipinski definition) is 5. The van der Waals surface area contributed by atoms with E-state index in [9.17, 15) is 9.59 Å². The number of fused-ring (bicyclic) bond motifs is 3. The van der Waals surface area contributed by atoms with Crippen molar-refractivity contribution in [1.29, 1.82) is 0 Å². The van der Waals surface area contributed by atoms with Gasteiger partial charge >= 0.3 is 0 Å². The van der Waals surface area contributed by atoms with Crippen LogP contribution < -0.4 is 4.74 Å². The van der Waals surface area contributed by atoms with Gasteiger partial charge in [0, 0.05) is 5.39 Å². The molecule has 0 spiro atoms. The van der Waals surface area contributed by atoms with Gasteiger partial charge in [-0.2, -0.15) is 0 Å². The largest absolute Gasteiger partial charge is 0.487 e. The number of imide groups is 1. The van der Waals surface area contributed by atoms with Crippen LogP contribution in [0.2, 0.25) is 0 Å². The smallest absolute Gasteiger partial charge is 0.285 e. The van der Waals surface area contributed by atoms with Crippen molar-refractivity contribution < 1.29 is 19.2 Å². The van der Waals surface area contributed by atoms with Gasteiger partial charge in [0.15, 0.2) is 0 Å². The van der Waals surface area contributed by atoms with Crippen LogP contribution in [0, 0.1) is 5.92 Å². The van der Waals surface area contributed by atoms with Crippen LogP contribution in [0.25, 0.3) is 21.7 Å². The van der Waals surface area contributed by atoms with E-state index in [1.807, 2.05) is 48.5 Å². The Kier molecular flexibility index (Phi) is 6.69. The predicted octanol–water partition coefficient (Wildman–Crippen LogP) is 7.82. The highest BCUT2D eigenvalue weighted by atomic mass is 16.7. The lowest BCUT2D eigenvalue weighted by Crippen LogP contribution is -2.34. The summed E-state index contributed by atoms with van der Waals surface area (Å²) in [7, 11) is 0. The van der Waals surface area contributed by atoms with Gasteiger partial charge in [-0.3, -0.25) is 14.4 Å². The fourth-order valence-electron chi connectivity index (χ4n) is 6.09. The summed E-state index contributed by atoms with van der Waals surface area (Å²) in [5.41, 5.74) is 3.58. The van der Waals surface area contributed by atoms with E-state index in [1.165, 1.54) is 6.42 Å². The van der Waals surface area contributed by atoms with E-state index in [4.69, 9.17) is 14.6 Å². The van der Waals surface area contributed by atoms with Crippen molar-refractivity contribution >= 4 is 33.5 Å². The standard InChI is InChI=1S/C35H30N2O4/c38-34-30-11-5-6-12-31(30)35(39)37(34)41-33(24-9-2-1-3-10-24)27-15-14-26-21-29(19-17-25(26)20-27)40-22-28-18-16-23-8-4-7-13-32(23)36-28/h4-8,11-21,24,33H,1-3,9-10,22H2. The van der Waals surface area contributed by atoms with E-state index in [0.717, 1.165) is 69.4 Å². The monoisotopic (exact) mass is 542 g/mol. The Bertz CT molecular complexity index is 1740. The molecule has 1 aliphatic carbocycles. The first kappa shape index (κ1) is 25.4. The maximum absolute atomic E-state index is 13.1. The quantitative estimate of drug-likeness (QED) is 0.196. The molecule has 6 nitrogen and oxygen atoms in total. The van der Waals surface area contributed by atoms with Crippen LogP contribution in [0.3, 0.4) is 0 Å². The minimum absolute atomic E-state index is 0.225. The minimum atomic E-state index is -0.394. The molecule has 7 rings (SSSR count). The average molecular weight is 543 g/mol. The van der Waals surface area contributed by atoms with Gasteiger partial charge in [0.2, 0.25) is 0 Å². The molecule has 4 aromatic carbocycles. The van der Waals surface area contributed by atoms with E-state index in [2.05, 4.69) is 24.3 Å². The van der Waals surface area contributed by atoms with Crippen molar-refractivity contribution in [1.82, 2.24) is 10.0 Å². The number of carbonyl (C=O) groups excluding carboxylic acids is 2. The Balaban J connectivity index is 1.13. The molecule has 2 heterocycles. The third-order valence-electron chi connectivity index (χ3n) is 8.26. The predicted molar refractivity (Wildman–Crippen MR) is 157 cm³/mol. The van der Waals surface area contributed by atoms with E-state index in [-0.39, 0.29) is 5.92 Å². The highest BCUT2D eigenvalue weighted by molar-refractivity contribution is 6.20. The maximum atomic E-state index is 13.1. The summed E-state index contributed by atoms with van der Waals surface area (Å²) < 4.78 is 6.10. The molecule has 0 radical (unpaired) electrons. The van der Waals surface area contributed by atoms with Crippen LogP contribution in [0.15, 0.2) is 97.1 Å². The second-order valence-electron chi connectivity index (χ2n) is 10.9. The average Bonchev–Trinajstić information content (AvgIpc) is 3.27. The molecule has 5 aromatic rings. The molecule has 1 saturated carbocycles. The summed E-state index contributed by atoms with van der Waals surface area (Å²) in [5.74, 6) is 0.207. The Morgan fingerprint density at radius 3 is 2.22 bits per heavy atom. The van der Waals surface area contributed by atoms with Crippen molar-refractivity contribution in [3.05, 3.63) is 119 Å². The zero-order chi connectivity index (χ0) is 27.8. The van der Waals surface area contributed by atoms with Crippen LogP contribution in [0.5, 0.6) is 5.75 Å². The van der Waals surface area contributed by atoms with Crippen molar-refractivity contribution in [3.63, 3.8) is 0 Å². The fourth-order valence-corrected chi connectivity index (χ4v) is 6.09. The van der Waals surface area contributed by atoms with E-state index in [1.54, 1.807) is 24.3 Å². The molecule has 0 bridgehead atoms. The van der Waals surface area contributed by atoms with Crippen LogP contribution in [-0.4, -0.2) is 21.9 Å². The topological polar surface area (TPSA) is 68.7 Å². The number of nitrogens with zero attached hydrogens (tertiary/aromatic N) is 2. The number of aromatic nitrogens is 1. The molecule has 1 aromatic heterocycles. The third-order valence-corrected chi connectivity index (χ3v) is 8.26. The SMILES string of the molecule is O=C1c2ccccc2C(=O)N1OC(c1ccc2cc(OCc3ccc4ccccc4n3)ccc2c1)C1CCCCC1. The molecule has 41 heavy (non-hydrogen) atoms. The summed E-state index contributed by atoms with van der Waals surface area (Å²) in [4.78, 5) is 37.2. The molecule has 0 saturated heterocycles. The molecular formula is C35H30N2O4. The molecule has 2 aliphatic rings. The van der Waals surface area contributed by atoms with Crippen LogP contribution >= 0.6 is 0 Å². The van der Waals surface area contributed by atoms with Gasteiger partial charge in [0.1, 0.15) is 18.5 Å². The zero-order valence-electron chi connectivity index (χ0n) is 22.7. The van der Waals surface area contributed by atoms with Crippen molar-refractivity contribution in [3.8, 4) is 5.75 Å². The van der Waals surface area contributed by atoms with Gasteiger partial charge in [0.05, 0.1) is 22.3 Å². The minimum Gasteiger partial charge on any atom is -0.487 e. The number of hydroxylamine groups is 2. The molecule has 2 amide bonds. The highest BCUT2D eigenvalue weighted by Crippen LogP contribution is 2.40. The van der Waals surface area contributed by atoms with Gasteiger partial charge < -0.3 is 4.74 Å². The fraction of sp³-hybridized carbons (Fsp3) is 0.229. The van der Waals surface area contributed by atoms with Crippen LogP contribution in [0.1, 0.15) is 70.2 Å². The Morgan fingerprint density at radius 1 is 0.732 bits per heavy atom. The molecule has 1 atom stereocenters. The van der Waals surface area contributed by atoms with Crippen molar-refractivity contribution in [2.45, 2.75) is 44.8 Å². The molecule has 1 unspecified atom stereocenters. The van der Waals surface area contributed by atoms with Crippen molar-refractivity contribution in [2.75, 3.05) is 0 Å². The first-order valence-corrected chi connectivity index (χ1v) is 14.3. The van der Waals surface area contributed by atoms with Gasteiger partial charge in [-0.1, -0.05) is 73.9 Å². The molecule has 1 aliphatic heterocycles. The summed E-state index contributed by atoms with van der Waals surface area (Å²) in [6.07, 6.45) is 5.05. The maximum Gasteiger partial charge on any atom is 0.285 e. The Morgan fingerprint density at radius 2 is 1.41 bits per heavy atom. The van der Waals surface area contributed by atoms with Gasteiger partial charge in [-0.25, -0.2) is 4.98 Å². The lowest BCUT2D eigenvalue weighted by atomic mass is 9.82. The number of ether oxygens (including phenoxy) is 1. The summed E-state index contributed by atoms with van der Waals surface area (Å²) in [6.45, 7) is 0.381. The second kappa shape index (κ2) is 10.8. The normalized spacial score (nSPS) is 16.3. The van der Waals surface area contributed by atoms with Crippen molar-refractivity contribution in [2.24, 2.45) is 5.92 Å². The highest BCUT2D eigenvalue weighted by Gasteiger charge is 2.40. The van der Waals surface area contributed by atoms with Gasteiger partial charge in [0.25, 0.3) is 11.8 Å². The summed E-state index contributed by atoms with van der Waals surface area (Å²) >= 11 is 0. The lowest BCUT2D eigenvalue weighted by Gasteiger charge is -2.32. The van der Waals surface area contributed by atoms with E-state index < -0.39 is 17.9 Å². The number of para-hydroxylation sites is 1. The zero-order valence-corrected chi connectivity index (χ0v) is 22.7. The van der Waals surface area contributed by atoms with Crippen LogP contribution in [0.4, 0.5) is 0 Å². The Labute approximate surface area is 238 Å². The van der Waals surface area contributed by atoms with E-state index >= 15 is 0 Å². The molecule has 204 valence electrons. The molecule has 0 N–H and O–H groups in total. The molecule has 1 fully saturated rings. The van der Waals surface area contributed by atoms with Gasteiger partial charge in [-0.15, -0.1) is 5.06 Å². The van der Waals surface area contributed by atoms with Crippen LogP contribution in [-0.2, 0) is 11.4 Å². The van der Waals surface area contributed by atoms with Gasteiger partial charge in [-0.05, 0) is 77.6 Å². The summed E-state index contributed by atoms with van der Waals surface area (Å²) in [6, 6.07) is 31.3. The first-order valence-electron chi connectivity index (χ1n) is 14.3. The number of benzene rings is 4. The molecule has 6 heteroatoms. The first-order chi connectivity index (χ1) is 20.1. The lowest BCUT2D eigenvalue weighted by molar-refractivity contribution is -0.156.